The van der Waals surface area contributed by atoms with Crippen LogP contribution in [0, 0.1) is 0 Å². The molecule has 0 aliphatic carbocycles. The Morgan fingerprint density at radius 2 is 1.41 bits per heavy atom. The van der Waals surface area contributed by atoms with Gasteiger partial charge in [0.05, 0.1) is 0 Å². The molecule has 0 aromatic rings. The van der Waals surface area contributed by atoms with Crippen LogP contribution in [0.2, 0.25) is 0 Å². The summed E-state index contributed by atoms with van der Waals surface area (Å²) in [5, 5.41) is 6.59. The molecule has 128 valence electrons. The zero-order chi connectivity index (χ0) is 17.6. The summed E-state index contributed by atoms with van der Waals surface area (Å²) in [6.07, 6.45) is 0. The Bertz CT molecular complexity index is 533. The first kappa shape index (κ1) is 32.8. The fourth-order valence-electron chi connectivity index (χ4n) is 0.223. The molecule has 0 amide bonds. The minimum atomic E-state index is -3.87. The van der Waals surface area contributed by atoms with Crippen molar-refractivity contribution in [2.45, 2.75) is 7.43 Å². The second-order valence-corrected chi connectivity index (χ2v) is 37.1. The summed E-state index contributed by atoms with van der Waals surface area (Å²) < 4.78 is 68.3. The van der Waals surface area contributed by atoms with Gasteiger partial charge in [0.1, 0.15) is 0 Å². The van der Waals surface area contributed by atoms with Gasteiger partial charge < -0.3 is 0 Å². The molecule has 0 saturated heterocycles. The van der Waals surface area contributed by atoms with Gasteiger partial charge in [0.15, 0.2) is 0 Å². The van der Waals surface area contributed by atoms with E-state index in [1.54, 1.807) is 8.29 Å². The molecule has 0 bridgehead atoms. The van der Waals surface area contributed by atoms with Gasteiger partial charge in [0, 0.05) is 0 Å². The summed E-state index contributed by atoms with van der Waals surface area (Å²) in [6.45, 7) is 0. The first-order valence-electron chi connectivity index (χ1n) is 3.69. The molecule has 0 rings (SSSR count). The van der Waals surface area contributed by atoms with Crippen LogP contribution in [0.3, 0.4) is 0 Å². The van der Waals surface area contributed by atoms with Gasteiger partial charge in [-0.2, -0.15) is 0 Å². The molecule has 22 heavy (non-hydrogen) atoms. The molecular weight excluding hydrogens is 848 g/mol. The second-order valence-electron chi connectivity index (χ2n) is 1.91. The van der Waals surface area contributed by atoms with E-state index in [0.717, 1.165) is 0 Å². The van der Waals surface area contributed by atoms with Crippen LogP contribution in [-0.2, 0) is 24.3 Å². The number of hydrogen-bond acceptors (Lipinski definition) is 12. The van der Waals surface area contributed by atoms with E-state index in [1.807, 2.05) is 0 Å². The average Bonchev–Trinajstić information content (AvgIpc) is 2.10. The van der Waals surface area contributed by atoms with Crippen molar-refractivity contribution < 1.29 is 24.3 Å². The summed E-state index contributed by atoms with van der Waals surface area (Å²) in [6, 6.07) is 0. The van der Waals surface area contributed by atoms with Crippen LogP contribution in [0.15, 0.2) is 0 Å². The van der Waals surface area contributed by atoms with Crippen LogP contribution in [0.1, 0.15) is 7.43 Å². The van der Waals surface area contributed by atoms with Crippen molar-refractivity contribution in [2.24, 2.45) is 0 Å². The molecule has 0 fully saturated rings. The van der Waals surface area contributed by atoms with Gasteiger partial charge in [-0.05, 0) is 0 Å². The molecule has 0 aromatic heterocycles. The molecule has 0 aliphatic heterocycles. The van der Waals surface area contributed by atoms with Gasteiger partial charge in [0.25, 0.3) is 0 Å². The van der Waals surface area contributed by atoms with Gasteiger partial charge in [-0.15, -0.1) is 0 Å². The van der Waals surface area contributed by atoms with Gasteiger partial charge in [0.2, 0.25) is 0 Å². The third-order valence-corrected chi connectivity index (χ3v) is 40.3. The molecule has 0 heterocycles. The van der Waals surface area contributed by atoms with Crippen LogP contribution in [0.5, 0.6) is 0 Å². The Labute approximate surface area is 174 Å². The topological polar surface area (TPSA) is 121 Å². The fourth-order valence-corrected chi connectivity index (χ4v) is 36.6. The van der Waals surface area contributed by atoms with E-state index in [1.165, 1.54) is 0 Å². The molecule has 0 spiro atoms. The Morgan fingerprint density at radius 3 is 1.41 bits per heavy atom. The summed E-state index contributed by atoms with van der Waals surface area (Å²) in [4.78, 5) is 0. The van der Waals surface area contributed by atoms with E-state index >= 15 is 0 Å². The number of rotatable bonds is 6. The predicted octanol–water partition coefficient (Wildman–Crippen LogP) is -0.00240. The predicted molar refractivity (Wildman–Crippen MR) is 99.3 cm³/mol. The first-order valence-corrected chi connectivity index (χ1v) is 30.5. The van der Waals surface area contributed by atoms with Crippen molar-refractivity contribution in [3.63, 3.8) is 0 Å². The zero-order valence-corrected chi connectivity index (χ0v) is 25.6. The van der Waals surface area contributed by atoms with Gasteiger partial charge in [-0.1, -0.05) is 7.43 Å². The molecule has 0 N–H and O–H groups in total. The molecule has 18 heteroatoms. The molecular formula is C4H10As4O8S4Sb2. The monoisotopic (exact) mass is 855 g/mol. The van der Waals surface area contributed by atoms with Crippen LogP contribution in [0.25, 0.3) is 0 Å². The van der Waals surface area contributed by atoms with Crippen molar-refractivity contribution in [3.8, 4) is 0 Å². The zero-order valence-electron chi connectivity index (χ0n) is 9.70. The normalized spacial score (nSPS) is 9.27. The third-order valence-electron chi connectivity index (χ3n) is 0.473. The Kier molecular flexibility index (Phi) is 33.2. The molecule has 2 atom stereocenters. The van der Waals surface area contributed by atoms with E-state index in [-0.39, 0.29) is 7.43 Å². The van der Waals surface area contributed by atoms with Crippen LogP contribution in [0.4, 0.5) is 0 Å². The van der Waals surface area contributed by atoms with Crippen LogP contribution < -0.4 is 0 Å². The molecule has 0 aromatic carbocycles. The maximum atomic E-state index is 9.83. The standard InChI is InChI=1S/CH2As2O4.CH2As2S4.CH4.CH2.4O.2Sb/c2*1-2(4)7-3(5)6;;;;;;;;/h2*1H2;1H4;1H2;;;;;;. The number of hydrogen-bond donors (Lipinski definition) is 0. The molecule has 0 aliphatic rings. The van der Waals surface area contributed by atoms with Crippen molar-refractivity contribution in [2.75, 3.05) is 0 Å². The van der Waals surface area contributed by atoms with Gasteiger partial charge in [-0.3, -0.25) is 0 Å². The van der Waals surface area contributed by atoms with Gasteiger partial charge >= 0.3 is 170 Å². The average molecular weight is 858 g/mol. The Morgan fingerprint density at radius 1 is 1.00 bits per heavy atom. The second kappa shape index (κ2) is 22.3. The van der Waals surface area contributed by atoms with Crippen molar-refractivity contribution in [1.29, 1.82) is 0 Å². The van der Waals surface area contributed by atoms with Crippen LogP contribution >= 0.6 is 39.5 Å². The quantitative estimate of drug-likeness (QED) is 0.335. The van der Waals surface area contributed by atoms with Gasteiger partial charge in [-0.25, -0.2) is 0 Å². The minimum absolute atomic E-state index is 0. The molecule has 8 nitrogen and oxygen atoms in total. The molecule has 0 radical (unpaired) electrons. The van der Waals surface area contributed by atoms with E-state index in [0.29, 0.717) is 0 Å². The molecule has 0 saturated carbocycles. The third kappa shape index (κ3) is 49.5. The van der Waals surface area contributed by atoms with E-state index < -0.39 is 91.6 Å². The summed E-state index contributed by atoms with van der Waals surface area (Å²) >= 11 is -14.6. The van der Waals surface area contributed by atoms with Crippen LogP contribution in [-0.4, -0.2) is 107 Å². The maximum absolute atomic E-state index is 9.83. The Balaban J connectivity index is -0.000000108. The van der Waals surface area contributed by atoms with Crippen molar-refractivity contribution in [3.05, 3.63) is 0 Å². The van der Waals surface area contributed by atoms with Crippen molar-refractivity contribution >= 4 is 146 Å². The summed E-state index contributed by atoms with van der Waals surface area (Å²) in [5.41, 5.74) is 0. The van der Waals surface area contributed by atoms with E-state index in [9.17, 15) is 20.3 Å². The van der Waals surface area contributed by atoms with Crippen molar-refractivity contribution in [1.82, 2.24) is 0 Å². The SMILES string of the molecule is C.C=[As](=O)O[As](=O)=O.C=[As](=S)S[As](=S)=S.[CH2]=[Sb](=[O])[O][Sb](=[O])=[O]. The summed E-state index contributed by atoms with van der Waals surface area (Å²) in [5.74, 6) is 0. The summed E-state index contributed by atoms with van der Waals surface area (Å²) in [7, 11) is 14.8. The Hall–Kier alpha value is 3.21. The van der Waals surface area contributed by atoms with E-state index in [2.05, 4.69) is 19.1 Å². The molecule has 2 unspecified atom stereocenters. The first-order chi connectivity index (χ1) is 9.38. The van der Waals surface area contributed by atoms with E-state index in [4.69, 9.17) is 31.2 Å². The fraction of sp³-hybridized carbons (Fsp3) is 0.250.